The van der Waals surface area contributed by atoms with Crippen molar-refractivity contribution in [3.63, 3.8) is 0 Å². The first kappa shape index (κ1) is 20.7. The fourth-order valence-corrected chi connectivity index (χ4v) is 4.97. The summed E-state index contributed by atoms with van der Waals surface area (Å²) in [7, 11) is -3.80. The molecule has 0 unspecified atom stereocenters. The number of sulfone groups is 1. The summed E-state index contributed by atoms with van der Waals surface area (Å²) in [4.78, 5) is 12.6. The quantitative estimate of drug-likeness (QED) is 0.479. The molecule has 0 radical (unpaired) electrons. The minimum atomic E-state index is -3.80. The maximum Gasteiger partial charge on any atom is 0.244 e. The van der Waals surface area contributed by atoms with Gasteiger partial charge in [0.2, 0.25) is 5.91 Å². The van der Waals surface area contributed by atoms with Crippen LogP contribution in [0.1, 0.15) is 5.56 Å². The fraction of sp³-hybridized carbons (Fsp3) is 0.0870. The van der Waals surface area contributed by atoms with Crippen LogP contribution in [0.25, 0.3) is 10.9 Å². The van der Waals surface area contributed by atoms with Gasteiger partial charge >= 0.3 is 0 Å². The Hall–Kier alpha value is -3.52. The highest BCUT2D eigenvalue weighted by atomic mass is 32.2. The lowest BCUT2D eigenvalue weighted by molar-refractivity contribution is -0.116. The summed E-state index contributed by atoms with van der Waals surface area (Å²) in [6.45, 7) is -0.132. The van der Waals surface area contributed by atoms with E-state index < -0.39 is 21.5 Å². The number of nitrogens with zero attached hydrogens (tertiary/aromatic N) is 1. The first-order chi connectivity index (χ1) is 14.8. The number of fused-ring (bicyclic) bond motifs is 1. The molecule has 0 aliphatic carbocycles. The molecular weight excluding hydrogens is 422 g/mol. The number of halogens is 2. The minimum Gasteiger partial charge on any atom is -0.337 e. The Kier molecular flexibility index (Phi) is 5.56. The van der Waals surface area contributed by atoms with E-state index in [1.807, 2.05) is 0 Å². The van der Waals surface area contributed by atoms with Crippen LogP contribution in [0.3, 0.4) is 0 Å². The molecule has 0 saturated heterocycles. The number of rotatable bonds is 6. The lowest BCUT2D eigenvalue weighted by atomic mass is 10.2. The molecule has 0 saturated carbocycles. The molecule has 1 heterocycles. The van der Waals surface area contributed by atoms with Gasteiger partial charge in [0, 0.05) is 22.8 Å². The molecule has 5 nitrogen and oxygen atoms in total. The predicted molar refractivity (Wildman–Crippen MR) is 114 cm³/mol. The van der Waals surface area contributed by atoms with Crippen molar-refractivity contribution >= 4 is 32.3 Å². The largest absolute Gasteiger partial charge is 0.337 e. The molecule has 1 N–H and O–H groups in total. The molecule has 158 valence electrons. The summed E-state index contributed by atoms with van der Waals surface area (Å²) in [6.07, 6.45) is 1.42. The smallest absolute Gasteiger partial charge is 0.244 e. The summed E-state index contributed by atoms with van der Waals surface area (Å²) in [5.74, 6) is -1.67. The average Bonchev–Trinajstić information content (AvgIpc) is 3.09. The van der Waals surface area contributed by atoms with Crippen molar-refractivity contribution in [2.75, 3.05) is 5.32 Å². The van der Waals surface area contributed by atoms with Crippen LogP contribution in [0, 0.1) is 11.6 Å². The molecular formula is C23H18F2N2O3S. The molecule has 1 amide bonds. The van der Waals surface area contributed by atoms with Crippen molar-refractivity contribution < 1.29 is 22.0 Å². The third-order valence-electron chi connectivity index (χ3n) is 4.77. The van der Waals surface area contributed by atoms with Gasteiger partial charge < -0.3 is 9.88 Å². The van der Waals surface area contributed by atoms with Crippen LogP contribution in [-0.4, -0.2) is 18.9 Å². The number of aromatic nitrogens is 1. The number of carbonyl (C=O) groups excluding carboxylic acids is 1. The van der Waals surface area contributed by atoms with Gasteiger partial charge in [0.05, 0.1) is 10.6 Å². The van der Waals surface area contributed by atoms with E-state index in [4.69, 9.17) is 0 Å². The van der Waals surface area contributed by atoms with Crippen LogP contribution >= 0.6 is 0 Å². The highest BCUT2D eigenvalue weighted by molar-refractivity contribution is 7.90. The van der Waals surface area contributed by atoms with Gasteiger partial charge in [0.1, 0.15) is 18.2 Å². The lowest BCUT2D eigenvalue weighted by Gasteiger charge is -2.07. The van der Waals surface area contributed by atoms with Crippen LogP contribution in [0.4, 0.5) is 14.5 Å². The zero-order valence-electron chi connectivity index (χ0n) is 16.3. The van der Waals surface area contributed by atoms with Crippen molar-refractivity contribution in [1.29, 1.82) is 0 Å². The lowest BCUT2D eigenvalue weighted by Crippen LogP contribution is -2.18. The van der Waals surface area contributed by atoms with E-state index >= 15 is 0 Å². The van der Waals surface area contributed by atoms with E-state index in [2.05, 4.69) is 5.32 Å². The SMILES string of the molecule is O=C(Cn1cc(S(=O)(=O)Cc2cccc(F)c2)c2ccccc21)Nc1ccc(F)cc1. The van der Waals surface area contributed by atoms with E-state index in [-0.39, 0.29) is 23.1 Å². The van der Waals surface area contributed by atoms with Gasteiger partial charge in [-0.05, 0) is 48.0 Å². The Labute approximate surface area is 177 Å². The van der Waals surface area contributed by atoms with Crippen LogP contribution < -0.4 is 5.32 Å². The topological polar surface area (TPSA) is 68.2 Å². The second-order valence-electron chi connectivity index (χ2n) is 7.08. The Morgan fingerprint density at radius 3 is 2.39 bits per heavy atom. The number of carbonyl (C=O) groups is 1. The zero-order chi connectivity index (χ0) is 22.0. The molecule has 0 fully saturated rings. The number of nitrogens with one attached hydrogen (secondary N) is 1. The van der Waals surface area contributed by atoms with Gasteiger partial charge in [0.25, 0.3) is 0 Å². The highest BCUT2D eigenvalue weighted by Crippen LogP contribution is 2.28. The third kappa shape index (κ3) is 4.64. The second-order valence-corrected chi connectivity index (χ2v) is 9.04. The molecule has 0 aliphatic rings. The zero-order valence-corrected chi connectivity index (χ0v) is 17.1. The molecule has 0 spiro atoms. The number of hydrogen-bond donors (Lipinski definition) is 1. The summed E-state index contributed by atoms with van der Waals surface area (Å²) in [5.41, 5.74) is 1.35. The Balaban J connectivity index is 1.64. The molecule has 3 aromatic carbocycles. The normalized spacial score (nSPS) is 11.5. The van der Waals surface area contributed by atoms with Crippen molar-refractivity contribution in [2.45, 2.75) is 17.2 Å². The summed E-state index contributed by atoms with van der Waals surface area (Å²) in [6, 6.07) is 17.7. The molecule has 1 aromatic heterocycles. The first-order valence-electron chi connectivity index (χ1n) is 9.42. The Bertz CT molecular complexity index is 1360. The summed E-state index contributed by atoms with van der Waals surface area (Å²) < 4.78 is 54.2. The second kappa shape index (κ2) is 8.31. The highest BCUT2D eigenvalue weighted by Gasteiger charge is 2.22. The molecule has 8 heteroatoms. The monoisotopic (exact) mass is 440 g/mol. The number of para-hydroxylation sites is 1. The van der Waals surface area contributed by atoms with Crippen molar-refractivity contribution in [3.8, 4) is 0 Å². The van der Waals surface area contributed by atoms with Crippen LogP contribution in [0.2, 0.25) is 0 Å². The molecule has 0 aliphatic heterocycles. The Morgan fingerprint density at radius 1 is 0.903 bits per heavy atom. The van der Waals surface area contributed by atoms with Gasteiger partial charge in [0.15, 0.2) is 9.84 Å². The van der Waals surface area contributed by atoms with Crippen molar-refractivity contribution in [3.05, 3.63) is 96.2 Å². The Morgan fingerprint density at radius 2 is 1.65 bits per heavy atom. The van der Waals surface area contributed by atoms with Crippen molar-refractivity contribution in [2.24, 2.45) is 0 Å². The molecule has 4 rings (SSSR count). The van der Waals surface area contributed by atoms with E-state index in [1.165, 1.54) is 48.7 Å². The van der Waals surface area contributed by atoms with Crippen LogP contribution in [0.15, 0.2) is 83.9 Å². The van der Waals surface area contributed by atoms with Crippen molar-refractivity contribution in [1.82, 2.24) is 4.57 Å². The molecule has 0 atom stereocenters. The summed E-state index contributed by atoms with van der Waals surface area (Å²) in [5, 5.41) is 3.14. The molecule has 0 bridgehead atoms. The number of anilines is 1. The van der Waals surface area contributed by atoms with Gasteiger partial charge in [-0.15, -0.1) is 0 Å². The predicted octanol–water partition coefficient (Wildman–Crippen LogP) is 4.53. The van der Waals surface area contributed by atoms with Crippen LogP contribution in [-0.2, 0) is 26.9 Å². The maximum atomic E-state index is 13.5. The van der Waals surface area contributed by atoms with E-state index in [0.29, 0.717) is 22.2 Å². The maximum absolute atomic E-state index is 13.5. The van der Waals surface area contributed by atoms with Gasteiger partial charge in [-0.3, -0.25) is 4.79 Å². The summed E-state index contributed by atoms with van der Waals surface area (Å²) >= 11 is 0. The number of benzene rings is 3. The standard InChI is InChI=1S/C23H18F2N2O3S/c24-17-8-10-19(11-9-17)26-23(28)14-27-13-22(20-6-1-2-7-21(20)27)31(29,30)15-16-4-3-5-18(25)12-16/h1-13H,14-15H2,(H,26,28). The van der Waals surface area contributed by atoms with Crippen LogP contribution in [0.5, 0.6) is 0 Å². The first-order valence-corrected chi connectivity index (χ1v) is 11.1. The molecule has 31 heavy (non-hydrogen) atoms. The minimum absolute atomic E-state index is 0.0712. The van der Waals surface area contributed by atoms with E-state index in [9.17, 15) is 22.0 Å². The van der Waals surface area contributed by atoms with E-state index in [0.717, 1.165) is 0 Å². The van der Waals surface area contributed by atoms with Gasteiger partial charge in [-0.1, -0.05) is 30.3 Å². The average molecular weight is 440 g/mol. The van der Waals surface area contributed by atoms with Gasteiger partial charge in [-0.25, -0.2) is 17.2 Å². The fourth-order valence-electron chi connectivity index (χ4n) is 3.40. The molecule has 4 aromatic rings. The van der Waals surface area contributed by atoms with Gasteiger partial charge in [-0.2, -0.15) is 0 Å². The number of amides is 1. The third-order valence-corrected chi connectivity index (χ3v) is 6.48. The number of hydrogen-bond acceptors (Lipinski definition) is 3. The van der Waals surface area contributed by atoms with E-state index in [1.54, 1.807) is 34.9 Å².